The Labute approximate surface area is 352 Å². The SMILES string of the molecule is c1ccc(-c2cccc(-c3cccc(N(c4cccc(-c5ccc6ccccc6c5)c4)c4cccc5c4-c4ccccc4C5(c4ccccc4)c4ccccc4)c3)c2)cc1. The first-order chi connectivity index (χ1) is 29.8. The van der Waals surface area contributed by atoms with Crippen molar-refractivity contribution in [1.29, 1.82) is 0 Å². The van der Waals surface area contributed by atoms with Crippen LogP contribution in [0.15, 0.2) is 249 Å². The van der Waals surface area contributed by atoms with Crippen LogP contribution in [0.25, 0.3) is 55.3 Å². The fraction of sp³-hybridized carbons (Fsp3) is 0.0169. The molecule has 60 heavy (non-hydrogen) atoms. The predicted octanol–water partition coefficient (Wildman–Crippen LogP) is 15.7. The zero-order valence-electron chi connectivity index (χ0n) is 33.1. The Balaban J connectivity index is 1.15. The van der Waals surface area contributed by atoms with Crippen molar-refractivity contribution in [3.8, 4) is 44.5 Å². The molecule has 0 fully saturated rings. The Kier molecular flexibility index (Phi) is 8.79. The van der Waals surface area contributed by atoms with E-state index < -0.39 is 5.41 Å². The van der Waals surface area contributed by atoms with Gasteiger partial charge in [0.2, 0.25) is 0 Å². The predicted molar refractivity (Wildman–Crippen MR) is 252 cm³/mol. The van der Waals surface area contributed by atoms with Gasteiger partial charge in [-0.2, -0.15) is 0 Å². The summed E-state index contributed by atoms with van der Waals surface area (Å²) in [6.45, 7) is 0. The summed E-state index contributed by atoms with van der Waals surface area (Å²) in [6, 6.07) is 91.1. The fourth-order valence-corrected chi connectivity index (χ4v) is 9.61. The third-order valence-corrected chi connectivity index (χ3v) is 12.3. The van der Waals surface area contributed by atoms with E-state index in [9.17, 15) is 0 Å². The summed E-state index contributed by atoms with van der Waals surface area (Å²) in [7, 11) is 0. The van der Waals surface area contributed by atoms with Crippen molar-refractivity contribution in [2.24, 2.45) is 0 Å². The lowest BCUT2D eigenvalue weighted by atomic mass is 9.68. The Morgan fingerprint density at radius 3 is 1.42 bits per heavy atom. The molecule has 10 aromatic carbocycles. The number of benzene rings is 10. The molecule has 10 aromatic rings. The first-order valence-corrected chi connectivity index (χ1v) is 20.8. The minimum atomic E-state index is -0.511. The number of nitrogens with zero attached hydrogens (tertiary/aromatic N) is 1. The van der Waals surface area contributed by atoms with E-state index in [2.05, 4.69) is 254 Å². The molecule has 11 rings (SSSR count). The average molecular weight is 764 g/mol. The van der Waals surface area contributed by atoms with E-state index in [1.807, 2.05) is 0 Å². The highest BCUT2D eigenvalue weighted by Crippen LogP contribution is 2.59. The van der Waals surface area contributed by atoms with E-state index in [1.54, 1.807) is 0 Å². The average Bonchev–Trinajstić information content (AvgIpc) is 3.64. The molecule has 1 aliphatic carbocycles. The summed E-state index contributed by atoms with van der Waals surface area (Å²) in [5.41, 5.74) is 17.5. The van der Waals surface area contributed by atoms with Gasteiger partial charge >= 0.3 is 0 Å². The van der Waals surface area contributed by atoms with Gasteiger partial charge in [-0.3, -0.25) is 0 Å². The molecule has 0 saturated heterocycles. The van der Waals surface area contributed by atoms with E-state index in [0.29, 0.717) is 0 Å². The van der Waals surface area contributed by atoms with Crippen LogP contribution in [0.2, 0.25) is 0 Å². The quantitative estimate of drug-likeness (QED) is 0.149. The second kappa shape index (κ2) is 14.9. The van der Waals surface area contributed by atoms with Gasteiger partial charge in [-0.15, -0.1) is 0 Å². The molecule has 0 heterocycles. The first kappa shape index (κ1) is 35.4. The summed E-state index contributed by atoms with van der Waals surface area (Å²) in [6.07, 6.45) is 0. The van der Waals surface area contributed by atoms with Gasteiger partial charge in [0, 0.05) is 16.9 Å². The Morgan fingerprint density at radius 2 is 0.750 bits per heavy atom. The summed E-state index contributed by atoms with van der Waals surface area (Å²) in [5.74, 6) is 0. The van der Waals surface area contributed by atoms with Crippen LogP contribution < -0.4 is 4.90 Å². The Bertz CT molecular complexity index is 3110. The second-order valence-corrected chi connectivity index (χ2v) is 15.7. The van der Waals surface area contributed by atoms with Gasteiger partial charge in [-0.1, -0.05) is 206 Å². The van der Waals surface area contributed by atoms with Crippen molar-refractivity contribution in [2.45, 2.75) is 5.41 Å². The zero-order chi connectivity index (χ0) is 39.9. The van der Waals surface area contributed by atoms with Crippen molar-refractivity contribution < 1.29 is 0 Å². The van der Waals surface area contributed by atoms with Gasteiger partial charge in [-0.25, -0.2) is 0 Å². The maximum absolute atomic E-state index is 2.48. The molecular formula is C59H41N. The molecule has 0 atom stereocenters. The van der Waals surface area contributed by atoms with Crippen molar-refractivity contribution in [3.63, 3.8) is 0 Å². The highest BCUT2D eigenvalue weighted by Gasteiger charge is 2.47. The number of hydrogen-bond acceptors (Lipinski definition) is 1. The fourth-order valence-electron chi connectivity index (χ4n) is 9.61. The highest BCUT2D eigenvalue weighted by molar-refractivity contribution is 5.98. The van der Waals surface area contributed by atoms with Gasteiger partial charge in [0.15, 0.2) is 0 Å². The molecule has 282 valence electrons. The highest BCUT2D eigenvalue weighted by atomic mass is 15.1. The van der Waals surface area contributed by atoms with Crippen molar-refractivity contribution >= 4 is 27.8 Å². The largest absolute Gasteiger partial charge is 0.310 e. The van der Waals surface area contributed by atoms with Gasteiger partial charge in [0.25, 0.3) is 0 Å². The van der Waals surface area contributed by atoms with E-state index in [4.69, 9.17) is 0 Å². The monoisotopic (exact) mass is 763 g/mol. The lowest BCUT2D eigenvalue weighted by Crippen LogP contribution is -2.28. The standard InChI is InChI=1S/C59H41N/c1-4-18-42(19-5-1)45-22-14-23-46(38-45)47-24-15-30-52(40-47)60(53-31-16-25-48(41-53)49-37-36-43-20-10-11-21-44(43)39-49)57-35-17-34-56-58(57)54-32-12-13-33-55(54)59(56,50-26-6-2-7-27-50)51-28-8-3-9-29-51/h1-41H. The molecule has 1 aliphatic rings. The Morgan fingerprint density at radius 1 is 0.283 bits per heavy atom. The molecule has 0 unspecified atom stereocenters. The van der Waals surface area contributed by atoms with Crippen LogP contribution >= 0.6 is 0 Å². The van der Waals surface area contributed by atoms with E-state index in [0.717, 1.165) is 22.6 Å². The molecule has 0 aromatic heterocycles. The van der Waals surface area contributed by atoms with Crippen molar-refractivity contribution in [2.75, 3.05) is 4.90 Å². The number of fused-ring (bicyclic) bond motifs is 4. The smallest absolute Gasteiger partial charge is 0.0714 e. The topological polar surface area (TPSA) is 3.24 Å². The van der Waals surface area contributed by atoms with E-state index in [1.165, 1.54) is 72.0 Å². The van der Waals surface area contributed by atoms with Gasteiger partial charge in [0.1, 0.15) is 0 Å². The molecule has 1 nitrogen and oxygen atoms in total. The summed E-state index contributed by atoms with van der Waals surface area (Å²) in [5, 5.41) is 2.48. The van der Waals surface area contributed by atoms with E-state index >= 15 is 0 Å². The molecule has 0 saturated carbocycles. The zero-order valence-corrected chi connectivity index (χ0v) is 33.1. The summed E-state index contributed by atoms with van der Waals surface area (Å²) in [4.78, 5) is 2.48. The van der Waals surface area contributed by atoms with Gasteiger partial charge < -0.3 is 4.90 Å². The molecule has 0 bridgehead atoms. The Hall–Kier alpha value is -7.74. The van der Waals surface area contributed by atoms with Crippen molar-refractivity contribution in [1.82, 2.24) is 0 Å². The minimum Gasteiger partial charge on any atom is -0.310 e. The van der Waals surface area contributed by atoms with Crippen LogP contribution in [0.3, 0.4) is 0 Å². The van der Waals surface area contributed by atoms with E-state index in [-0.39, 0.29) is 0 Å². The maximum Gasteiger partial charge on any atom is 0.0714 e. The van der Waals surface area contributed by atoms with Crippen molar-refractivity contribution in [3.05, 3.63) is 271 Å². The normalized spacial score (nSPS) is 12.5. The molecule has 0 spiro atoms. The molecule has 0 aliphatic heterocycles. The second-order valence-electron chi connectivity index (χ2n) is 15.7. The van der Waals surface area contributed by atoms with Crippen LogP contribution in [0.1, 0.15) is 22.3 Å². The number of hydrogen-bond donors (Lipinski definition) is 0. The van der Waals surface area contributed by atoms with Crippen LogP contribution in [-0.4, -0.2) is 0 Å². The third kappa shape index (κ3) is 5.94. The lowest BCUT2D eigenvalue weighted by molar-refractivity contribution is 0.768. The van der Waals surface area contributed by atoms with Crippen LogP contribution in [0, 0.1) is 0 Å². The lowest BCUT2D eigenvalue weighted by Gasteiger charge is -2.34. The molecule has 0 radical (unpaired) electrons. The van der Waals surface area contributed by atoms with Crippen LogP contribution in [0.4, 0.5) is 17.1 Å². The maximum atomic E-state index is 2.48. The number of rotatable bonds is 8. The molecule has 0 amide bonds. The third-order valence-electron chi connectivity index (χ3n) is 12.3. The molecule has 1 heteroatoms. The van der Waals surface area contributed by atoms with Gasteiger partial charge in [-0.05, 0) is 114 Å². The van der Waals surface area contributed by atoms with Crippen LogP contribution in [0.5, 0.6) is 0 Å². The minimum absolute atomic E-state index is 0.511. The van der Waals surface area contributed by atoms with Crippen LogP contribution in [-0.2, 0) is 5.41 Å². The summed E-state index contributed by atoms with van der Waals surface area (Å²) < 4.78 is 0. The first-order valence-electron chi connectivity index (χ1n) is 20.8. The number of anilines is 3. The molecular weight excluding hydrogens is 723 g/mol. The van der Waals surface area contributed by atoms with Gasteiger partial charge in [0.05, 0.1) is 11.1 Å². The molecule has 0 N–H and O–H groups in total. The summed E-state index contributed by atoms with van der Waals surface area (Å²) >= 11 is 0.